The Morgan fingerprint density at radius 2 is 2.20 bits per heavy atom. The minimum atomic E-state index is -0.265. The molecule has 7 heteroatoms. The Balaban J connectivity index is 0.00000200. The molecule has 0 aromatic carbocycles. The van der Waals surface area contributed by atoms with Crippen LogP contribution in [0.4, 0.5) is 4.79 Å². The minimum Gasteiger partial charge on any atom is -0.449 e. The fourth-order valence-electron chi connectivity index (χ4n) is 2.54. The molecule has 2 heterocycles. The Kier molecular flexibility index (Phi) is 7.69. The molecule has 0 aromatic rings. The van der Waals surface area contributed by atoms with Crippen molar-refractivity contribution in [2.24, 2.45) is 5.92 Å². The largest absolute Gasteiger partial charge is 0.449 e. The van der Waals surface area contributed by atoms with Crippen molar-refractivity contribution >= 4 is 24.4 Å². The maximum atomic E-state index is 12.0. The number of rotatable bonds is 4. The zero-order valence-corrected chi connectivity index (χ0v) is 12.5. The normalized spacial score (nSPS) is 23.3. The average Bonchev–Trinajstić information content (AvgIpc) is 2.70. The highest BCUT2D eigenvalue weighted by atomic mass is 35.5. The summed E-state index contributed by atoms with van der Waals surface area (Å²) < 4.78 is 4.95. The second-order valence-electron chi connectivity index (χ2n) is 5.12. The van der Waals surface area contributed by atoms with Crippen molar-refractivity contribution in [2.45, 2.75) is 25.7 Å². The summed E-state index contributed by atoms with van der Waals surface area (Å²) in [5.74, 6) is 0.234. The van der Waals surface area contributed by atoms with E-state index in [9.17, 15) is 9.59 Å². The van der Waals surface area contributed by atoms with E-state index in [2.05, 4.69) is 10.6 Å². The van der Waals surface area contributed by atoms with Gasteiger partial charge in [0.1, 0.15) is 0 Å². The van der Waals surface area contributed by atoms with Crippen LogP contribution >= 0.6 is 12.4 Å². The fraction of sp³-hybridized carbons (Fsp3) is 0.846. The van der Waals surface area contributed by atoms with Gasteiger partial charge >= 0.3 is 6.09 Å². The maximum Gasteiger partial charge on any atom is 0.409 e. The minimum absolute atomic E-state index is 0. The van der Waals surface area contributed by atoms with E-state index < -0.39 is 0 Å². The molecule has 2 saturated heterocycles. The number of nitrogens with one attached hydrogen (secondary N) is 2. The molecule has 0 spiro atoms. The van der Waals surface area contributed by atoms with Gasteiger partial charge in [0.25, 0.3) is 0 Å². The van der Waals surface area contributed by atoms with Crippen molar-refractivity contribution in [1.29, 1.82) is 0 Å². The third-order valence-corrected chi connectivity index (χ3v) is 3.68. The lowest BCUT2D eigenvalue weighted by Crippen LogP contribution is -2.43. The third kappa shape index (κ3) is 5.17. The first-order valence-corrected chi connectivity index (χ1v) is 7.17. The lowest BCUT2D eigenvalue weighted by Gasteiger charge is -2.26. The van der Waals surface area contributed by atoms with Gasteiger partial charge in [-0.1, -0.05) is 0 Å². The van der Waals surface area contributed by atoms with E-state index in [-0.39, 0.29) is 30.3 Å². The van der Waals surface area contributed by atoms with Crippen molar-refractivity contribution in [3.63, 3.8) is 0 Å². The van der Waals surface area contributed by atoms with Crippen molar-refractivity contribution in [3.8, 4) is 0 Å². The molecule has 0 aromatic heterocycles. The molecule has 2 fully saturated rings. The summed E-state index contributed by atoms with van der Waals surface area (Å²) in [6.07, 6.45) is 3.51. The van der Waals surface area contributed by atoms with E-state index >= 15 is 0 Å². The summed E-state index contributed by atoms with van der Waals surface area (Å²) in [7, 11) is 0. The molecule has 0 bridgehead atoms. The SMILES string of the molecule is Cl.O=C(NCCN1CCCOC1=O)C1CCCNCC1. The van der Waals surface area contributed by atoms with Crippen LogP contribution in [0.3, 0.4) is 0 Å². The second kappa shape index (κ2) is 9.02. The van der Waals surface area contributed by atoms with E-state index in [4.69, 9.17) is 4.74 Å². The van der Waals surface area contributed by atoms with Gasteiger partial charge in [-0.15, -0.1) is 12.4 Å². The Morgan fingerprint density at radius 3 is 3.00 bits per heavy atom. The van der Waals surface area contributed by atoms with E-state index in [0.717, 1.165) is 45.3 Å². The first-order valence-electron chi connectivity index (χ1n) is 7.17. The number of halogens is 1. The molecule has 20 heavy (non-hydrogen) atoms. The van der Waals surface area contributed by atoms with Gasteiger partial charge in [-0.2, -0.15) is 0 Å². The highest BCUT2D eigenvalue weighted by Gasteiger charge is 2.21. The molecule has 2 N–H and O–H groups in total. The number of cyclic esters (lactones) is 1. The van der Waals surface area contributed by atoms with Crippen LogP contribution < -0.4 is 10.6 Å². The third-order valence-electron chi connectivity index (χ3n) is 3.68. The summed E-state index contributed by atoms with van der Waals surface area (Å²) in [5.41, 5.74) is 0. The number of carbonyl (C=O) groups is 2. The van der Waals surface area contributed by atoms with Crippen LogP contribution in [-0.4, -0.2) is 56.2 Å². The summed E-state index contributed by atoms with van der Waals surface area (Å²) in [6, 6.07) is 0. The van der Waals surface area contributed by atoms with Crippen molar-refractivity contribution < 1.29 is 14.3 Å². The highest BCUT2D eigenvalue weighted by molar-refractivity contribution is 5.85. The van der Waals surface area contributed by atoms with Gasteiger partial charge in [-0.25, -0.2) is 4.79 Å². The monoisotopic (exact) mass is 305 g/mol. The van der Waals surface area contributed by atoms with Gasteiger partial charge in [-0.05, 0) is 38.8 Å². The van der Waals surface area contributed by atoms with Gasteiger partial charge in [0, 0.05) is 25.6 Å². The summed E-state index contributed by atoms with van der Waals surface area (Å²) in [4.78, 5) is 25.1. The van der Waals surface area contributed by atoms with E-state index in [0.29, 0.717) is 19.7 Å². The lowest BCUT2D eigenvalue weighted by molar-refractivity contribution is -0.125. The highest BCUT2D eigenvalue weighted by Crippen LogP contribution is 2.13. The molecule has 1 atom stereocenters. The van der Waals surface area contributed by atoms with Gasteiger partial charge < -0.3 is 20.3 Å². The molecule has 0 saturated carbocycles. The smallest absolute Gasteiger partial charge is 0.409 e. The maximum absolute atomic E-state index is 12.0. The predicted octanol–water partition coefficient (Wildman–Crippen LogP) is 0.756. The second-order valence-corrected chi connectivity index (χ2v) is 5.12. The lowest BCUT2D eigenvalue weighted by atomic mass is 10.00. The summed E-state index contributed by atoms with van der Waals surface area (Å²) in [5, 5.41) is 6.23. The van der Waals surface area contributed by atoms with Crippen LogP contribution in [0.25, 0.3) is 0 Å². The van der Waals surface area contributed by atoms with Crippen LogP contribution in [0.2, 0.25) is 0 Å². The van der Waals surface area contributed by atoms with Crippen LogP contribution in [0.15, 0.2) is 0 Å². The van der Waals surface area contributed by atoms with Gasteiger partial charge in [-0.3, -0.25) is 4.79 Å². The molecular weight excluding hydrogens is 282 g/mol. The molecule has 2 rings (SSSR count). The molecular formula is C13H24ClN3O3. The van der Waals surface area contributed by atoms with E-state index in [1.165, 1.54) is 0 Å². The molecule has 116 valence electrons. The van der Waals surface area contributed by atoms with Crippen molar-refractivity contribution in [2.75, 3.05) is 39.3 Å². The van der Waals surface area contributed by atoms with Gasteiger partial charge in [0.2, 0.25) is 5.91 Å². The van der Waals surface area contributed by atoms with E-state index in [1.807, 2.05) is 0 Å². The Bertz CT molecular complexity index is 320. The standard InChI is InChI=1S/C13H23N3O3.ClH/c17-12(11-3-1-5-14-6-4-11)15-7-9-16-8-2-10-19-13(16)18;/h11,14H,1-10H2,(H,15,17);1H. The van der Waals surface area contributed by atoms with E-state index in [1.54, 1.807) is 4.90 Å². The molecule has 6 nitrogen and oxygen atoms in total. The van der Waals surface area contributed by atoms with Crippen LogP contribution in [0.5, 0.6) is 0 Å². The number of hydrogen-bond donors (Lipinski definition) is 2. The Labute approximate surface area is 126 Å². The molecule has 0 aliphatic carbocycles. The molecule has 2 aliphatic rings. The number of ether oxygens (including phenoxy) is 1. The van der Waals surface area contributed by atoms with Gasteiger partial charge in [0.05, 0.1) is 6.61 Å². The topological polar surface area (TPSA) is 70.7 Å². The van der Waals surface area contributed by atoms with Crippen molar-refractivity contribution in [1.82, 2.24) is 15.5 Å². The first-order chi connectivity index (χ1) is 9.27. The van der Waals surface area contributed by atoms with Crippen LogP contribution in [0.1, 0.15) is 25.7 Å². The van der Waals surface area contributed by atoms with Crippen LogP contribution in [0, 0.1) is 5.92 Å². The fourth-order valence-corrected chi connectivity index (χ4v) is 2.54. The molecule has 2 aliphatic heterocycles. The van der Waals surface area contributed by atoms with Gasteiger partial charge in [0.15, 0.2) is 0 Å². The van der Waals surface area contributed by atoms with Crippen molar-refractivity contribution in [3.05, 3.63) is 0 Å². The Morgan fingerprint density at radius 1 is 1.35 bits per heavy atom. The number of carbonyl (C=O) groups excluding carboxylic acids is 2. The Hall–Kier alpha value is -1.01. The number of amides is 2. The zero-order valence-electron chi connectivity index (χ0n) is 11.7. The number of nitrogens with zero attached hydrogens (tertiary/aromatic N) is 1. The molecule has 1 unspecified atom stereocenters. The number of hydrogen-bond acceptors (Lipinski definition) is 4. The first kappa shape index (κ1) is 17.0. The summed E-state index contributed by atoms with van der Waals surface area (Å²) in [6.45, 7) is 4.20. The zero-order chi connectivity index (χ0) is 13.5. The van der Waals surface area contributed by atoms with Crippen LogP contribution in [-0.2, 0) is 9.53 Å². The molecule has 0 radical (unpaired) electrons. The summed E-state index contributed by atoms with van der Waals surface area (Å²) >= 11 is 0. The predicted molar refractivity (Wildman–Crippen MR) is 78.0 cm³/mol. The average molecular weight is 306 g/mol. The quantitative estimate of drug-likeness (QED) is 0.804. The molecule has 2 amide bonds.